The van der Waals surface area contributed by atoms with E-state index in [2.05, 4.69) is 10.0 Å². The molecule has 37 heavy (non-hydrogen) atoms. The van der Waals surface area contributed by atoms with Crippen LogP contribution in [0.25, 0.3) is 22.1 Å². The molecule has 10 heteroatoms. The first-order valence-electron chi connectivity index (χ1n) is 11.5. The van der Waals surface area contributed by atoms with Gasteiger partial charge in [-0.2, -0.15) is 4.72 Å². The number of carboxylic acids is 1. The van der Waals surface area contributed by atoms with Crippen LogP contribution < -0.4 is 10.0 Å². The van der Waals surface area contributed by atoms with Crippen LogP contribution >= 0.6 is 0 Å². The third kappa shape index (κ3) is 5.35. The number of phenolic OH excluding ortho intramolecular Hbond substituents is 1. The largest absolute Gasteiger partial charge is 0.507 e. The molecule has 1 unspecified atom stereocenters. The van der Waals surface area contributed by atoms with Gasteiger partial charge in [0.15, 0.2) is 5.76 Å². The normalized spacial score (nSPS) is 12.5. The van der Waals surface area contributed by atoms with Crippen molar-refractivity contribution < 1.29 is 32.6 Å². The standard InChI is InChI=1S/C27H26N2O7S/c1-15(2)24(27(32)33)29-37(34,35)20-13-9-18(10-14-20)17-7-11-19(12-8-17)28-26(31)25-16(3)23-21(30)5-4-6-22(23)36-25/h4-15,24,29-30H,1-3H3,(H,28,31)(H,32,33). The minimum atomic E-state index is -4.01. The van der Waals surface area contributed by atoms with Gasteiger partial charge in [0, 0.05) is 11.3 Å². The summed E-state index contributed by atoms with van der Waals surface area (Å²) in [5.41, 5.74) is 3.00. The van der Waals surface area contributed by atoms with Crippen molar-refractivity contribution in [3.63, 3.8) is 0 Å². The molecule has 0 spiro atoms. The number of fused-ring (bicyclic) bond motifs is 1. The Kier molecular flexibility index (Phi) is 7.06. The molecule has 9 nitrogen and oxygen atoms in total. The Morgan fingerprint density at radius 1 is 0.919 bits per heavy atom. The lowest BCUT2D eigenvalue weighted by Crippen LogP contribution is -2.44. The van der Waals surface area contributed by atoms with Crippen LogP contribution in [0.3, 0.4) is 0 Å². The molecule has 0 saturated carbocycles. The van der Waals surface area contributed by atoms with Crippen LogP contribution in [0.15, 0.2) is 76.0 Å². The summed E-state index contributed by atoms with van der Waals surface area (Å²) in [7, 11) is -4.01. The Hall–Kier alpha value is -4.15. The number of hydrogen-bond acceptors (Lipinski definition) is 6. The zero-order valence-electron chi connectivity index (χ0n) is 20.3. The maximum absolute atomic E-state index is 12.8. The fourth-order valence-corrected chi connectivity index (χ4v) is 5.30. The van der Waals surface area contributed by atoms with Gasteiger partial charge in [-0.3, -0.25) is 9.59 Å². The zero-order chi connectivity index (χ0) is 26.9. The lowest BCUT2D eigenvalue weighted by Gasteiger charge is -2.18. The number of benzene rings is 3. The van der Waals surface area contributed by atoms with Gasteiger partial charge in [-0.1, -0.05) is 44.2 Å². The molecule has 1 aromatic heterocycles. The minimum Gasteiger partial charge on any atom is -0.507 e. The Morgan fingerprint density at radius 2 is 1.51 bits per heavy atom. The van der Waals surface area contributed by atoms with Crippen molar-refractivity contribution in [1.29, 1.82) is 0 Å². The summed E-state index contributed by atoms with van der Waals surface area (Å²) in [5.74, 6) is -1.97. The van der Waals surface area contributed by atoms with E-state index in [0.29, 0.717) is 22.2 Å². The minimum absolute atomic E-state index is 0.0402. The molecule has 4 rings (SSSR count). The number of sulfonamides is 1. The third-order valence-electron chi connectivity index (χ3n) is 5.99. The van der Waals surface area contributed by atoms with Crippen LogP contribution in [0, 0.1) is 12.8 Å². The molecule has 0 radical (unpaired) electrons. The summed E-state index contributed by atoms with van der Waals surface area (Å²) in [6, 6.07) is 16.6. The van der Waals surface area contributed by atoms with Crippen LogP contribution in [0.1, 0.15) is 30.0 Å². The first-order chi connectivity index (χ1) is 17.5. The number of amides is 1. The average molecular weight is 523 g/mol. The van der Waals surface area contributed by atoms with Gasteiger partial charge < -0.3 is 19.9 Å². The predicted molar refractivity (Wildman–Crippen MR) is 139 cm³/mol. The molecule has 3 aromatic carbocycles. The first-order valence-corrected chi connectivity index (χ1v) is 12.9. The van der Waals surface area contributed by atoms with Crippen molar-refractivity contribution in [3.8, 4) is 16.9 Å². The van der Waals surface area contributed by atoms with Crippen molar-refractivity contribution in [2.75, 3.05) is 5.32 Å². The molecule has 0 bridgehead atoms. The highest BCUT2D eigenvalue weighted by atomic mass is 32.2. The predicted octanol–water partition coefficient (Wildman–Crippen LogP) is 4.75. The number of carboxylic acid groups (broad SMARTS) is 1. The number of hydrogen-bond donors (Lipinski definition) is 4. The molecule has 1 atom stereocenters. The highest BCUT2D eigenvalue weighted by Gasteiger charge is 2.28. The Morgan fingerprint density at radius 3 is 2.05 bits per heavy atom. The van der Waals surface area contributed by atoms with Crippen molar-refractivity contribution >= 4 is 38.6 Å². The van der Waals surface area contributed by atoms with Crippen LogP contribution in [0.5, 0.6) is 5.75 Å². The SMILES string of the molecule is Cc1c(C(=O)Nc2ccc(-c3ccc(S(=O)(=O)NC(C(=O)O)C(C)C)cc3)cc2)oc2cccc(O)c12. The summed E-state index contributed by atoms with van der Waals surface area (Å²) in [4.78, 5) is 24.1. The van der Waals surface area contributed by atoms with Crippen molar-refractivity contribution in [1.82, 2.24) is 4.72 Å². The summed E-state index contributed by atoms with van der Waals surface area (Å²) < 4.78 is 33.1. The topological polar surface area (TPSA) is 146 Å². The lowest BCUT2D eigenvalue weighted by atomic mass is 10.1. The van der Waals surface area contributed by atoms with Gasteiger partial charge in [-0.25, -0.2) is 8.42 Å². The van der Waals surface area contributed by atoms with E-state index in [1.54, 1.807) is 69.3 Å². The van der Waals surface area contributed by atoms with Crippen LogP contribution in [-0.4, -0.2) is 36.5 Å². The molecule has 1 heterocycles. The first kappa shape index (κ1) is 25.9. The second kappa shape index (κ2) is 10.1. The Labute approximate surface area is 213 Å². The van der Waals surface area contributed by atoms with Crippen LogP contribution in [-0.2, 0) is 14.8 Å². The van der Waals surface area contributed by atoms with Gasteiger partial charge in [-0.05, 0) is 60.4 Å². The molecule has 0 aliphatic carbocycles. The molecule has 0 saturated heterocycles. The van der Waals surface area contributed by atoms with Crippen LogP contribution in [0.2, 0.25) is 0 Å². The molecular weight excluding hydrogens is 496 g/mol. The number of carbonyl (C=O) groups is 2. The molecule has 1 amide bonds. The van der Waals surface area contributed by atoms with Gasteiger partial charge in [0.05, 0.1) is 10.3 Å². The number of phenols is 1. The molecule has 192 valence electrons. The van der Waals surface area contributed by atoms with E-state index in [1.807, 2.05) is 0 Å². The van der Waals surface area contributed by atoms with Crippen LogP contribution in [0.4, 0.5) is 5.69 Å². The molecule has 4 aromatic rings. The molecule has 0 aliphatic rings. The van der Waals surface area contributed by atoms with Gasteiger partial charge in [0.2, 0.25) is 10.0 Å². The number of aromatic hydroxyl groups is 1. The zero-order valence-corrected chi connectivity index (χ0v) is 21.2. The number of carbonyl (C=O) groups excluding carboxylic acids is 1. The smallest absolute Gasteiger partial charge is 0.322 e. The molecule has 0 aliphatic heterocycles. The van der Waals surface area contributed by atoms with Crippen molar-refractivity contribution in [3.05, 3.63) is 78.1 Å². The van der Waals surface area contributed by atoms with E-state index in [9.17, 15) is 28.2 Å². The summed E-state index contributed by atoms with van der Waals surface area (Å²) >= 11 is 0. The second-order valence-electron chi connectivity index (χ2n) is 8.94. The molecular formula is C27H26N2O7S. The Balaban J connectivity index is 1.48. The third-order valence-corrected chi connectivity index (χ3v) is 7.45. The quantitative estimate of drug-likeness (QED) is 0.261. The maximum atomic E-state index is 12.8. The van der Waals surface area contributed by atoms with Crippen molar-refractivity contribution in [2.24, 2.45) is 5.92 Å². The Bertz CT molecular complexity index is 1570. The summed E-state index contributed by atoms with van der Waals surface area (Å²) in [6.45, 7) is 4.95. The summed E-state index contributed by atoms with van der Waals surface area (Å²) in [5, 5.41) is 22.6. The van der Waals surface area contributed by atoms with Gasteiger partial charge in [0.25, 0.3) is 5.91 Å². The number of furan rings is 1. The van der Waals surface area contributed by atoms with Gasteiger partial charge in [-0.15, -0.1) is 0 Å². The second-order valence-corrected chi connectivity index (χ2v) is 10.7. The number of nitrogens with one attached hydrogen (secondary N) is 2. The van der Waals surface area contributed by atoms with E-state index >= 15 is 0 Å². The number of anilines is 1. The van der Waals surface area contributed by atoms with Gasteiger partial charge in [0.1, 0.15) is 17.4 Å². The molecule has 0 fully saturated rings. The number of aryl methyl sites for hydroxylation is 1. The number of aliphatic carboxylic acids is 1. The lowest BCUT2D eigenvalue weighted by molar-refractivity contribution is -0.140. The highest BCUT2D eigenvalue weighted by Crippen LogP contribution is 2.32. The highest BCUT2D eigenvalue weighted by molar-refractivity contribution is 7.89. The van der Waals surface area contributed by atoms with Crippen molar-refractivity contribution in [2.45, 2.75) is 31.7 Å². The molecule has 4 N–H and O–H groups in total. The van der Waals surface area contributed by atoms with E-state index in [0.717, 1.165) is 11.1 Å². The average Bonchev–Trinajstić information content (AvgIpc) is 3.20. The van der Waals surface area contributed by atoms with E-state index in [4.69, 9.17) is 4.42 Å². The van der Waals surface area contributed by atoms with E-state index in [1.165, 1.54) is 18.2 Å². The maximum Gasteiger partial charge on any atom is 0.322 e. The van der Waals surface area contributed by atoms with Gasteiger partial charge >= 0.3 is 5.97 Å². The van der Waals surface area contributed by atoms with E-state index in [-0.39, 0.29) is 16.4 Å². The monoisotopic (exact) mass is 522 g/mol. The number of rotatable bonds is 8. The fourth-order valence-electron chi connectivity index (χ4n) is 3.97. The summed E-state index contributed by atoms with van der Waals surface area (Å²) in [6.07, 6.45) is 0. The van der Waals surface area contributed by atoms with E-state index < -0.39 is 33.9 Å². The fraction of sp³-hybridized carbons (Fsp3) is 0.185.